The predicted molar refractivity (Wildman–Crippen MR) is 74.5 cm³/mol. The fraction of sp³-hybridized carbons (Fsp3) is 0.455. The second-order valence-electron chi connectivity index (χ2n) is 4.09. The van der Waals surface area contributed by atoms with E-state index in [0.29, 0.717) is 0 Å². The molecule has 20 heavy (non-hydrogen) atoms. The van der Waals surface area contributed by atoms with Gasteiger partial charge in [0, 0.05) is 35.2 Å². The number of benzene rings is 1. The van der Waals surface area contributed by atoms with Crippen LogP contribution in [-0.2, 0) is 10.4 Å². The highest BCUT2D eigenvalue weighted by Gasteiger charge is 2.09. The van der Waals surface area contributed by atoms with Gasteiger partial charge < -0.3 is 10.6 Å². The molecular weight excluding hydrogens is 284 g/mol. The average Bonchev–Trinajstić information content (AvgIpc) is 2.41. The molecule has 0 radical (unpaired) electrons. The van der Waals surface area contributed by atoms with E-state index < -0.39 is 10.4 Å². The van der Waals surface area contributed by atoms with E-state index in [0.717, 1.165) is 5.69 Å². The van der Waals surface area contributed by atoms with Gasteiger partial charge in [0.1, 0.15) is 0 Å². The third kappa shape index (κ3) is 9.09. The van der Waals surface area contributed by atoms with Crippen molar-refractivity contribution in [3.8, 4) is 0 Å². The molecule has 1 heterocycles. The first-order valence-electron chi connectivity index (χ1n) is 5.86. The quantitative estimate of drug-likeness (QED) is 0.402. The van der Waals surface area contributed by atoms with E-state index in [1.165, 1.54) is 38.0 Å². The Morgan fingerprint density at radius 2 is 1.40 bits per heavy atom. The summed E-state index contributed by atoms with van der Waals surface area (Å²) in [4.78, 5) is 2.43. The standard InChI is InChI=1S/C11H16N2.N2.H2O4S/c12-10-4-6-11(7-5-10)13-8-2-1-3-9-13;1-2;1-5(2,3)4/h4-7H,1-3,8-9,12H2;;(H2,1,2,3,4). The van der Waals surface area contributed by atoms with Crippen molar-refractivity contribution in [1.29, 1.82) is 10.8 Å². The number of nitrogens with two attached hydrogens (primary N) is 1. The van der Waals surface area contributed by atoms with Gasteiger partial charge in [-0.05, 0) is 43.5 Å². The molecular formula is C11H18N4O4S. The molecule has 0 saturated carbocycles. The lowest BCUT2D eigenvalue weighted by Crippen LogP contribution is -2.29. The van der Waals surface area contributed by atoms with Crippen molar-refractivity contribution in [3.05, 3.63) is 24.3 Å². The van der Waals surface area contributed by atoms with Crippen LogP contribution >= 0.6 is 0 Å². The highest BCUT2D eigenvalue weighted by Crippen LogP contribution is 2.20. The van der Waals surface area contributed by atoms with Crippen LogP contribution in [0.25, 0.3) is 0 Å². The highest BCUT2D eigenvalue weighted by molar-refractivity contribution is 7.79. The molecule has 1 aromatic rings. The van der Waals surface area contributed by atoms with Crippen molar-refractivity contribution < 1.29 is 17.5 Å². The van der Waals surface area contributed by atoms with Crippen LogP contribution in [0, 0.1) is 10.8 Å². The summed E-state index contributed by atoms with van der Waals surface area (Å²) < 4.78 is 31.6. The number of nitrogens with zero attached hydrogens (tertiary/aromatic N) is 3. The Hall–Kier alpha value is -1.89. The predicted octanol–water partition coefficient (Wildman–Crippen LogP) is 1.64. The van der Waals surface area contributed by atoms with E-state index in [2.05, 4.69) is 17.0 Å². The summed E-state index contributed by atoms with van der Waals surface area (Å²) in [5.74, 6) is 0. The fourth-order valence-electron chi connectivity index (χ4n) is 1.84. The van der Waals surface area contributed by atoms with Crippen LogP contribution in [0.4, 0.5) is 11.4 Å². The minimum atomic E-state index is -4.67. The van der Waals surface area contributed by atoms with Crippen molar-refractivity contribution in [1.82, 2.24) is 0 Å². The first kappa shape index (κ1) is 18.1. The summed E-state index contributed by atoms with van der Waals surface area (Å²) in [6.07, 6.45) is 4.03. The molecule has 0 aromatic heterocycles. The van der Waals surface area contributed by atoms with Gasteiger partial charge in [0.25, 0.3) is 0 Å². The molecule has 0 bridgehead atoms. The SMILES string of the molecule is N#N.Nc1ccc(N2CCCCC2)cc1.O=S(=O)(O)O. The van der Waals surface area contributed by atoms with Gasteiger partial charge in [0.2, 0.25) is 0 Å². The lowest BCUT2D eigenvalue weighted by Gasteiger charge is -2.28. The van der Waals surface area contributed by atoms with Crippen molar-refractivity contribution in [2.45, 2.75) is 19.3 Å². The Morgan fingerprint density at radius 3 is 1.80 bits per heavy atom. The van der Waals surface area contributed by atoms with Crippen LogP contribution in [0.3, 0.4) is 0 Å². The number of nitrogen functional groups attached to an aromatic ring is 1. The van der Waals surface area contributed by atoms with Gasteiger partial charge in [-0.1, -0.05) is 0 Å². The van der Waals surface area contributed by atoms with E-state index >= 15 is 0 Å². The molecule has 0 unspecified atom stereocenters. The van der Waals surface area contributed by atoms with Gasteiger partial charge in [0.05, 0.1) is 0 Å². The molecule has 0 amide bonds. The lowest BCUT2D eigenvalue weighted by molar-refractivity contribution is 0.381. The van der Waals surface area contributed by atoms with E-state index in [1.54, 1.807) is 0 Å². The maximum atomic E-state index is 8.74. The molecule has 0 aliphatic carbocycles. The Kier molecular flexibility index (Phi) is 8.23. The van der Waals surface area contributed by atoms with Gasteiger partial charge in [-0.15, -0.1) is 0 Å². The van der Waals surface area contributed by atoms with Gasteiger partial charge in [0.15, 0.2) is 0 Å². The maximum absolute atomic E-state index is 8.74. The van der Waals surface area contributed by atoms with Crippen LogP contribution in [0.15, 0.2) is 24.3 Å². The van der Waals surface area contributed by atoms with Crippen LogP contribution < -0.4 is 10.6 Å². The molecule has 1 aromatic carbocycles. The molecule has 8 nitrogen and oxygen atoms in total. The monoisotopic (exact) mass is 302 g/mol. The first-order valence-corrected chi connectivity index (χ1v) is 7.26. The maximum Gasteiger partial charge on any atom is 0.394 e. The highest BCUT2D eigenvalue weighted by atomic mass is 32.3. The van der Waals surface area contributed by atoms with Crippen LogP contribution in [-0.4, -0.2) is 30.6 Å². The molecule has 1 fully saturated rings. The Bertz CT molecular complexity index is 487. The van der Waals surface area contributed by atoms with E-state index in [1.807, 2.05) is 12.1 Å². The topological polar surface area (TPSA) is 151 Å². The van der Waals surface area contributed by atoms with Crippen molar-refractivity contribution in [2.75, 3.05) is 23.7 Å². The van der Waals surface area contributed by atoms with E-state index in [9.17, 15) is 0 Å². The molecule has 1 aliphatic heterocycles. The van der Waals surface area contributed by atoms with Crippen molar-refractivity contribution in [2.24, 2.45) is 0 Å². The zero-order valence-electron chi connectivity index (χ0n) is 10.9. The number of anilines is 2. The molecule has 0 atom stereocenters. The molecule has 2 rings (SSSR count). The van der Waals surface area contributed by atoms with Crippen LogP contribution in [0.1, 0.15) is 19.3 Å². The van der Waals surface area contributed by atoms with Gasteiger partial charge in [-0.3, -0.25) is 9.11 Å². The Morgan fingerprint density at radius 1 is 1.00 bits per heavy atom. The second-order valence-corrected chi connectivity index (χ2v) is 4.98. The fourth-order valence-corrected chi connectivity index (χ4v) is 1.84. The number of rotatable bonds is 1. The number of hydrogen-bond acceptors (Lipinski definition) is 6. The lowest BCUT2D eigenvalue weighted by atomic mass is 10.1. The van der Waals surface area contributed by atoms with E-state index in [-0.39, 0.29) is 0 Å². The Labute approximate surface area is 118 Å². The molecule has 4 N–H and O–H groups in total. The smallest absolute Gasteiger partial charge is 0.394 e. The third-order valence-electron chi connectivity index (χ3n) is 2.61. The minimum absolute atomic E-state index is 0.848. The summed E-state index contributed by atoms with van der Waals surface area (Å²) >= 11 is 0. The summed E-state index contributed by atoms with van der Waals surface area (Å²) in [7, 11) is -4.67. The summed E-state index contributed by atoms with van der Waals surface area (Å²) in [6, 6.07) is 8.18. The van der Waals surface area contributed by atoms with Crippen molar-refractivity contribution in [3.63, 3.8) is 0 Å². The van der Waals surface area contributed by atoms with Crippen molar-refractivity contribution >= 4 is 21.8 Å². The minimum Gasteiger partial charge on any atom is -0.399 e. The van der Waals surface area contributed by atoms with Gasteiger partial charge in [-0.25, -0.2) is 0 Å². The van der Waals surface area contributed by atoms with Crippen LogP contribution in [0.5, 0.6) is 0 Å². The summed E-state index contributed by atoms with van der Waals surface area (Å²) in [5.41, 5.74) is 7.80. The van der Waals surface area contributed by atoms with Gasteiger partial charge in [-0.2, -0.15) is 8.42 Å². The second kappa shape index (κ2) is 9.08. The number of hydrogen-bond donors (Lipinski definition) is 3. The zero-order chi connectivity index (χ0) is 15.6. The number of piperidine rings is 1. The molecule has 112 valence electrons. The zero-order valence-corrected chi connectivity index (χ0v) is 11.7. The molecule has 9 heteroatoms. The largest absolute Gasteiger partial charge is 0.399 e. The third-order valence-corrected chi connectivity index (χ3v) is 2.61. The molecule has 0 spiro atoms. The summed E-state index contributed by atoms with van der Waals surface area (Å²) in [6.45, 7) is 2.40. The molecule has 1 aliphatic rings. The first-order chi connectivity index (χ1) is 9.36. The average molecular weight is 302 g/mol. The van der Waals surface area contributed by atoms with E-state index in [4.69, 9.17) is 34.0 Å². The normalized spacial score (nSPS) is 14.3. The van der Waals surface area contributed by atoms with Crippen LogP contribution in [0.2, 0.25) is 0 Å². The van der Waals surface area contributed by atoms with Gasteiger partial charge >= 0.3 is 10.4 Å². The molecule has 1 saturated heterocycles. The Balaban J connectivity index is 0.000000441. The summed E-state index contributed by atoms with van der Waals surface area (Å²) in [5, 5.41) is 12.0.